The third kappa shape index (κ3) is 6.43. The van der Waals surface area contributed by atoms with Gasteiger partial charge in [-0.25, -0.2) is 8.42 Å². The van der Waals surface area contributed by atoms with Crippen LogP contribution < -0.4 is 14.8 Å². The fraction of sp³-hybridized carbons (Fsp3) is 0.185. The zero-order valence-electron chi connectivity index (χ0n) is 20.0. The van der Waals surface area contributed by atoms with Gasteiger partial charge in [-0.05, 0) is 73.5 Å². The number of ether oxygens (including phenoxy) is 1. The van der Waals surface area contributed by atoms with Gasteiger partial charge >= 0.3 is 5.97 Å². The maximum atomic E-state index is 13.4. The molecule has 0 aromatic heterocycles. The molecule has 0 aliphatic rings. The Morgan fingerprint density at radius 2 is 1.72 bits per heavy atom. The predicted octanol–water partition coefficient (Wildman–Crippen LogP) is 3.69. The minimum Gasteiger partial charge on any atom is -0.481 e. The predicted molar refractivity (Wildman–Crippen MR) is 139 cm³/mol. The number of aliphatic carboxylic acids is 1. The van der Waals surface area contributed by atoms with Crippen LogP contribution in [-0.2, 0) is 14.8 Å². The molecule has 0 aliphatic carbocycles. The molecule has 3 rings (SSSR count). The summed E-state index contributed by atoms with van der Waals surface area (Å²) in [6.45, 7) is 3.51. The summed E-state index contributed by atoms with van der Waals surface area (Å²) in [7, 11) is -3.97. The fourth-order valence-electron chi connectivity index (χ4n) is 3.47. The largest absolute Gasteiger partial charge is 0.481 e. The monoisotopic (exact) mass is 505 g/mol. The molecule has 0 bridgehead atoms. The summed E-state index contributed by atoms with van der Waals surface area (Å²) in [4.78, 5) is 11.3. The number of aryl methyl sites for hydroxylation is 2. The smallest absolute Gasteiger partial charge is 0.305 e. The first kappa shape index (κ1) is 26.3. The van der Waals surface area contributed by atoms with Crippen LogP contribution >= 0.6 is 0 Å². The highest BCUT2D eigenvalue weighted by Crippen LogP contribution is 2.29. The van der Waals surface area contributed by atoms with Crippen molar-refractivity contribution in [3.8, 4) is 17.6 Å². The molecule has 0 atom stereocenters. The number of sulfonamides is 1. The van der Waals surface area contributed by atoms with Crippen LogP contribution in [0.5, 0.6) is 5.75 Å². The molecule has 3 aromatic rings. The zero-order valence-corrected chi connectivity index (χ0v) is 20.8. The zero-order chi connectivity index (χ0) is 26.3. The lowest BCUT2D eigenvalue weighted by Gasteiger charge is -2.26. The van der Waals surface area contributed by atoms with Crippen molar-refractivity contribution >= 4 is 27.5 Å². The molecule has 4 N–H and O–H groups in total. The molecule has 0 heterocycles. The summed E-state index contributed by atoms with van der Waals surface area (Å²) in [5.41, 5.74) is 8.56. The topological polar surface area (TPSA) is 134 Å². The van der Waals surface area contributed by atoms with Crippen molar-refractivity contribution in [1.29, 1.82) is 5.41 Å². The van der Waals surface area contributed by atoms with Crippen molar-refractivity contribution in [1.82, 2.24) is 0 Å². The standard InChI is InChI=1S/C27H27N3O5S/c1-19-18-25(30(15-14-26(31)32)36(33,34)24-8-4-3-5-9-24)20(2)17-22(19)7-6-16-35-23-12-10-21(11-13-23)27(28)29/h3-5,8-13,17-18H,14-16H2,1-2H3,(H3,28,29)(H,31,32). The maximum absolute atomic E-state index is 13.4. The van der Waals surface area contributed by atoms with Crippen LogP contribution in [0.3, 0.4) is 0 Å². The lowest BCUT2D eigenvalue weighted by molar-refractivity contribution is -0.136. The van der Waals surface area contributed by atoms with Gasteiger partial charge in [0.05, 0.1) is 17.0 Å². The second-order valence-electron chi connectivity index (χ2n) is 8.02. The van der Waals surface area contributed by atoms with Gasteiger partial charge in [0.2, 0.25) is 0 Å². The van der Waals surface area contributed by atoms with Crippen LogP contribution in [0, 0.1) is 31.1 Å². The molecule has 0 aliphatic heterocycles. The van der Waals surface area contributed by atoms with Gasteiger partial charge in [-0.3, -0.25) is 14.5 Å². The summed E-state index contributed by atoms with van der Waals surface area (Å²) in [5, 5.41) is 16.6. The number of carbonyl (C=O) groups is 1. The number of rotatable bonds is 9. The number of nitrogens with one attached hydrogen (secondary N) is 1. The number of nitrogens with zero attached hydrogens (tertiary/aromatic N) is 1. The van der Waals surface area contributed by atoms with E-state index >= 15 is 0 Å². The number of nitrogens with two attached hydrogens (primary N) is 1. The van der Waals surface area contributed by atoms with Gasteiger partial charge in [-0.2, -0.15) is 0 Å². The molecule has 0 saturated heterocycles. The van der Waals surface area contributed by atoms with Gasteiger partial charge in [-0.15, -0.1) is 0 Å². The highest BCUT2D eigenvalue weighted by atomic mass is 32.2. The average molecular weight is 506 g/mol. The first-order valence-electron chi connectivity index (χ1n) is 11.1. The van der Waals surface area contributed by atoms with Gasteiger partial charge in [0.15, 0.2) is 0 Å². The number of carboxylic acids is 1. The van der Waals surface area contributed by atoms with Crippen LogP contribution in [0.25, 0.3) is 0 Å². The lowest BCUT2D eigenvalue weighted by Crippen LogP contribution is -2.33. The Bertz CT molecular complexity index is 1420. The molecule has 36 heavy (non-hydrogen) atoms. The summed E-state index contributed by atoms with van der Waals surface area (Å²) < 4.78 is 33.5. The molecule has 0 saturated carbocycles. The third-order valence-electron chi connectivity index (χ3n) is 5.37. The van der Waals surface area contributed by atoms with Crippen LogP contribution in [0.15, 0.2) is 71.6 Å². The molecule has 0 unspecified atom stereocenters. The van der Waals surface area contributed by atoms with E-state index in [1.54, 1.807) is 61.5 Å². The van der Waals surface area contributed by atoms with Gasteiger partial charge < -0.3 is 15.6 Å². The summed E-state index contributed by atoms with van der Waals surface area (Å²) >= 11 is 0. The van der Waals surface area contributed by atoms with Crippen molar-refractivity contribution in [2.24, 2.45) is 5.73 Å². The van der Waals surface area contributed by atoms with Crippen molar-refractivity contribution in [2.45, 2.75) is 25.2 Å². The molecule has 0 radical (unpaired) electrons. The minimum absolute atomic E-state index is 0.0197. The maximum Gasteiger partial charge on any atom is 0.305 e. The number of hydrogen-bond acceptors (Lipinski definition) is 5. The van der Waals surface area contributed by atoms with E-state index in [0.29, 0.717) is 28.1 Å². The molecular weight excluding hydrogens is 478 g/mol. The van der Waals surface area contributed by atoms with E-state index in [1.165, 1.54) is 12.1 Å². The number of amidine groups is 1. The Morgan fingerprint density at radius 3 is 2.33 bits per heavy atom. The summed E-state index contributed by atoms with van der Waals surface area (Å²) in [6.07, 6.45) is -0.336. The van der Waals surface area contributed by atoms with Crippen LogP contribution in [-0.4, -0.2) is 38.5 Å². The number of carboxylic acid groups (broad SMARTS) is 1. The van der Waals surface area contributed by atoms with Crippen molar-refractivity contribution in [3.05, 3.63) is 89.0 Å². The van der Waals surface area contributed by atoms with E-state index in [-0.39, 0.29) is 30.3 Å². The average Bonchev–Trinajstić information content (AvgIpc) is 2.85. The Balaban J connectivity index is 1.84. The molecule has 8 nitrogen and oxygen atoms in total. The SMILES string of the molecule is Cc1cc(N(CCC(=O)O)S(=O)(=O)c2ccccc2)c(C)cc1C#CCOc1ccc(C(=N)N)cc1. The van der Waals surface area contributed by atoms with Crippen LogP contribution in [0.2, 0.25) is 0 Å². The first-order chi connectivity index (χ1) is 17.1. The van der Waals surface area contributed by atoms with E-state index in [2.05, 4.69) is 11.8 Å². The highest BCUT2D eigenvalue weighted by Gasteiger charge is 2.27. The molecule has 186 valence electrons. The van der Waals surface area contributed by atoms with Crippen LogP contribution in [0.4, 0.5) is 5.69 Å². The Morgan fingerprint density at radius 1 is 1.06 bits per heavy atom. The molecular formula is C27H27N3O5S. The number of benzene rings is 3. The molecule has 0 spiro atoms. The molecule has 0 fully saturated rings. The second-order valence-corrected chi connectivity index (χ2v) is 9.88. The number of anilines is 1. The first-order valence-corrected chi connectivity index (χ1v) is 12.5. The quantitative estimate of drug-likeness (QED) is 0.231. The van der Waals surface area contributed by atoms with Gasteiger partial charge in [0.25, 0.3) is 10.0 Å². The Kier molecular flexibility index (Phi) is 8.35. The van der Waals surface area contributed by atoms with Gasteiger partial charge in [-0.1, -0.05) is 30.0 Å². The number of hydrogen-bond donors (Lipinski definition) is 3. The van der Waals surface area contributed by atoms with Gasteiger partial charge in [0.1, 0.15) is 18.2 Å². The van der Waals surface area contributed by atoms with Crippen LogP contribution in [0.1, 0.15) is 28.7 Å². The molecule has 0 amide bonds. The summed E-state index contributed by atoms with van der Waals surface area (Å²) in [5.74, 6) is 5.49. The Labute approximate surface area is 210 Å². The van der Waals surface area contributed by atoms with E-state index in [1.807, 2.05) is 6.92 Å². The van der Waals surface area contributed by atoms with Crippen molar-refractivity contribution in [2.75, 3.05) is 17.5 Å². The van der Waals surface area contributed by atoms with Crippen molar-refractivity contribution in [3.63, 3.8) is 0 Å². The molecule has 9 heteroatoms. The minimum atomic E-state index is -3.97. The lowest BCUT2D eigenvalue weighted by atomic mass is 10.0. The second kappa shape index (κ2) is 11.4. The number of nitrogen functional groups attached to an aromatic ring is 1. The molecule has 3 aromatic carbocycles. The van der Waals surface area contributed by atoms with E-state index in [4.69, 9.17) is 15.9 Å². The van der Waals surface area contributed by atoms with Crippen molar-refractivity contribution < 1.29 is 23.1 Å². The van der Waals surface area contributed by atoms with E-state index in [9.17, 15) is 18.3 Å². The van der Waals surface area contributed by atoms with E-state index < -0.39 is 16.0 Å². The van der Waals surface area contributed by atoms with Gasteiger partial charge in [0, 0.05) is 17.7 Å². The summed E-state index contributed by atoms with van der Waals surface area (Å²) in [6, 6.07) is 18.2. The van der Waals surface area contributed by atoms with E-state index in [0.717, 1.165) is 9.87 Å². The Hall–Kier alpha value is -4.29. The normalized spacial score (nSPS) is 10.7. The highest BCUT2D eigenvalue weighted by molar-refractivity contribution is 7.92. The fourth-order valence-corrected chi connectivity index (χ4v) is 5.02. The third-order valence-corrected chi connectivity index (χ3v) is 7.20.